The van der Waals surface area contributed by atoms with Crippen molar-refractivity contribution >= 4 is 11.0 Å². The monoisotopic (exact) mass is 429 g/mol. The van der Waals surface area contributed by atoms with Gasteiger partial charge in [0.1, 0.15) is 17.4 Å². The van der Waals surface area contributed by atoms with E-state index in [1.54, 1.807) is 0 Å². The zero-order chi connectivity index (χ0) is 22.3. The zero-order valence-electron chi connectivity index (χ0n) is 19.3. The number of fused-ring (bicyclic) bond motifs is 1. The van der Waals surface area contributed by atoms with Gasteiger partial charge in [-0.3, -0.25) is 4.90 Å². The minimum Gasteiger partial charge on any atom is -0.459 e. The molecule has 5 rings (SSSR count). The lowest BCUT2D eigenvalue weighted by Gasteiger charge is -2.37. The highest BCUT2D eigenvalue weighted by atomic mass is 16.3. The number of aryl methyl sites for hydroxylation is 1. The van der Waals surface area contributed by atoms with Gasteiger partial charge in [0.15, 0.2) is 5.82 Å². The number of hydrogen-bond acceptors (Lipinski definition) is 5. The number of tetrazole rings is 1. The molecule has 4 aromatic rings. The predicted octanol–water partition coefficient (Wildman–Crippen LogP) is 5.45. The van der Waals surface area contributed by atoms with E-state index in [9.17, 15) is 0 Å². The number of para-hydroxylation sites is 1. The highest BCUT2D eigenvalue weighted by Crippen LogP contribution is 2.37. The minimum absolute atomic E-state index is 0.115. The number of benzene rings is 2. The first-order valence-corrected chi connectivity index (χ1v) is 11.5. The van der Waals surface area contributed by atoms with Gasteiger partial charge in [0.05, 0.1) is 5.54 Å². The number of furan rings is 1. The number of likely N-dealkylation sites (tertiary alicyclic amines) is 1. The van der Waals surface area contributed by atoms with Crippen LogP contribution in [0.15, 0.2) is 59.0 Å². The van der Waals surface area contributed by atoms with Crippen molar-refractivity contribution in [3.63, 3.8) is 0 Å². The van der Waals surface area contributed by atoms with E-state index < -0.39 is 0 Å². The van der Waals surface area contributed by atoms with Crippen LogP contribution in [0.5, 0.6) is 0 Å². The van der Waals surface area contributed by atoms with E-state index in [4.69, 9.17) is 4.42 Å². The highest BCUT2D eigenvalue weighted by Gasteiger charge is 2.35. The summed E-state index contributed by atoms with van der Waals surface area (Å²) in [4.78, 5) is 2.48. The number of hydrogen-bond donors (Lipinski definition) is 0. The molecule has 0 aliphatic carbocycles. The molecule has 1 aliphatic heterocycles. The van der Waals surface area contributed by atoms with Crippen LogP contribution in [-0.2, 0) is 5.54 Å². The van der Waals surface area contributed by atoms with Gasteiger partial charge < -0.3 is 4.42 Å². The van der Waals surface area contributed by atoms with Crippen LogP contribution >= 0.6 is 0 Å². The quantitative estimate of drug-likeness (QED) is 0.432. The molecule has 1 aliphatic rings. The largest absolute Gasteiger partial charge is 0.459 e. The second kappa shape index (κ2) is 8.17. The molecular weight excluding hydrogens is 398 g/mol. The lowest BCUT2D eigenvalue weighted by Crippen LogP contribution is -2.39. The molecule has 6 nitrogen and oxygen atoms in total. The lowest BCUT2D eigenvalue weighted by atomic mass is 9.88. The van der Waals surface area contributed by atoms with Crippen LogP contribution in [0.25, 0.3) is 11.0 Å². The number of aromatic nitrogens is 4. The number of nitrogens with zero attached hydrogens (tertiary/aromatic N) is 5. The van der Waals surface area contributed by atoms with Crippen molar-refractivity contribution in [2.75, 3.05) is 13.1 Å². The molecule has 1 fully saturated rings. The molecular formula is C26H31N5O. The number of piperidine rings is 1. The standard InChI is InChI=1S/C26H31N5O/c1-18-9-11-19(12-10-18)20-13-15-30(16-14-20)24(25-27-28-29-31(25)26(2,3)4)23-17-21-7-5-6-8-22(21)32-23/h5-12,17,20,24H,13-16H2,1-4H3. The van der Waals surface area contributed by atoms with Crippen molar-refractivity contribution in [3.05, 3.63) is 77.3 Å². The summed E-state index contributed by atoms with van der Waals surface area (Å²) < 4.78 is 8.29. The van der Waals surface area contributed by atoms with Crippen LogP contribution in [0.1, 0.15) is 68.3 Å². The Bertz CT molecular complexity index is 1160. The van der Waals surface area contributed by atoms with Crippen molar-refractivity contribution in [1.29, 1.82) is 0 Å². The van der Waals surface area contributed by atoms with Crippen LogP contribution in [0.2, 0.25) is 0 Å². The fourth-order valence-corrected chi connectivity index (χ4v) is 4.78. The molecule has 6 heteroatoms. The topological polar surface area (TPSA) is 60.0 Å². The maximum atomic E-state index is 6.35. The Morgan fingerprint density at radius 3 is 2.41 bits per heavy atom. The Hall–Kier alpha value is -2.99. The van der Waals surface area contributed by atoms with E-state index in [-0.39, 0.29) is 11.6 Å². The van der Waals surface area contributed by atoms with E-state index in [2.05, 4.69) is 84.5 Å². The summed E-state index contributed by atoms with van der Waals surface area (Å²) in [6.45, 7) is 10.5. The normalized spacial score (nSPS) is 17.1. The van der Waals surface area contributed by atoms with Crippen molar-refractivity contribution in [2.24, 2.45) is 0 Å². The Labute approximate surface area is 189 Å². The summed E-state index contributed by atoms with van der Waals surface area (Å²) in [5.74, 6) is 2.33. The van der Waals surface area contributed by atoms with Gasteiger partial charge in [0.25, 0.3) is 0 Å². The molecule has 2 aromatic heterocycles. The van der Waals surface area contributed by atoms with Gasteiger partial charge in [-0.15, -0.1) is 5.10 Å². The van der Waals surface area contributed by atoms with E-state index >= 15 is 0 Å². The van der Waals surface area contributed by atoms with Crippen LogP contribution in [0, 0.1) is 6.92 Å². The van der Waals surface area contributed by atoms with Gasteiger partial charge in [0.2, 0.25) is 0 Å². The third kappa shape index (κ3) is 3.95. The molecule has 1 unspecified atom stereocenters. The SMILES string of the molecule is Cc1ccc(C2CCN(C(c3cc4ccccc4o3)c3nnnn3C(C)(C)C)CC2)cc1. The summed E-state index contributed by atoms with van der Waals surface area (Å²) in [6, 6.07) is 19.2. The van der Waals surface area contributed by atoms with Crippen molar-refractivity contribution in [2.45, 2.75) is 58.0 Å². The molecule has 0 radical (unpaired) electrons. The van der Waals surface area contributed by atoms with Gasteiger partial charge in [0, 0.05) is 5.39 Å². The van der Waals surface area contributed by atoms with Crippen molar-refractivity contribution in [3.8, 4) is 0 Å². The zero-order valence-corrected chi connectivity index (χ0v) is 19.3. The Morgan fingerprint density at radius 2 is 1.72 bits per heavy atom. The first kappa shape index (κ1) is 20.9. The summed E-state index contributed by atoms with van der Waals surface area (Å²) in [5, 5.41) is 14.0. The van der Waals surface area contributed by atoms with Crippen molar-refractivity contribution < 1.29 is 4.42 Å². The fourth-order valence-electron chi connectivity index (χ4n) is 4.78. The van der Waals surface area contributed by atoms with Crippen LogP contribution in [0.4, 0.5) is 0 Å². The predicted molar refractivity (Wildman–Crippen MR) is 126 cm³/mol. The lowest BCUT2D eigenvalue weighted by molar-refractivity contribution is 0.145. The molecule has 0 bridgehead atoms. The Balaban J connectivity index is 1.48. The number of rotatable bonds is 4. The van der Waals surface area contributed by atoms with E-state index in [1.165, 1.54) is 11.1 Å². The van der Waals surface area contributed by atoms with Gasteiger partial charge in [-0.2, -0.15) is 0 Å². The summed E-state index contributed by atoms with van der Waals surface area (Å²) >= 11 is 0. The summed E-state index contributed by atoms with van der Waals surface area (Å²) in [6.07, 6.45) is 2.22. The molecule has 1 saturated heterocycles. The van der Waals surface area contributed by atoms with Gasteiger partial charge in [-0.25, -0.2) is 4.68 Å². The maximum absolute atomic E-state index is 6.35. The average Bonchev–Trinajstić information content (AvgIpc) is 3.42. The molecule has 2 aromatic carbocycles. The average molecular weight is 430 g/mol. The third-order valence-corrected chi connectivity index (χ3v) is 6.53. The summed E-state index contributed by atoms with van der Waals surface area (Å²) in [7, 11) is 0. The van der Waals surface area contributed by atoms with Crippen LogP contribution < -0.4 is 0 Å². The van der Waals surface area contributed by atoms with E-state index in [0.29, 0.717) is 5.92 Å². The van der Waals surface area contributed by atoms with Crippen LogP contribution in [-0.4, -0.2) is 38.2 Å². The molecule has 1 atom stereocenters. The molecule has 0 N–H and O–H groups in total. The first-order chi connectivity index (χ1) is 15.4. The second-order valence-electron chi connectivity index (χ2n) is 9.93. The molecule has 32 heavy (non-hydrogen) atoms. The molecule has 0 amide bonds. The third-order valence-electron chi connectivity index (χ3n) is 6.53. The van der Waals surface area contributed by atoms with Gasteiger partial charge >= 0.3 is 0 Å². The van der Waals surface area contributed by atoms with E-state index in [1.807, 2.05) is 22.9 Å². The fraction of sp³-hybridized carbons (Fsp3) is 0.423. The smallest absolute Gasteiger partial charge is 0.176 e. The second-order valence-corrected chi connectivity index (χ2v) is 9.93. The molecule has 3 heterocycles. The molecule has 166 valence electrons. The summed E-state index contributed by atoms with van der Waals surface area (Å²) in [5.41, 5.74) is 3.43. The highest BCUT2D eigenvalue weighted by molar-refractivity contribution is 5.77. The Kier molecular flexibility index (Phi) is 5.33. The van der Waals surface area contributed by atoms with Crippen molar-refractivity contribution in [1.82, 2.24) is 25.1 Å². The first-order valence-electron chi connectivity index (χ1n) is 11.5. The van der Waals surface area contributed by atoms with Gasteiger partial charge in [-0.1, -0.05) is 48.0 Å². The van der Waals surface area contributed by atoms with Gasteiger partial charge in [-0.05, 0) is 87.7 Å². The molecule has 0 saturated carbocycles. The van der Waals surface area contributed by atoms with Crippen LogP contribution in [0.3, 0.4) is 0 Å². The van der Waals surface area contributed by atoms with E-state index in [0.717, 1.165) is 48.5 Å². The maximum Gasteiger partial charge on any atom is 0.176 e. The molecule has 0 spiro atoms. The minimum atomic E-state index is -0.219. The Morgan fingerprint density at radius 1 is 1.00 bits per heavy atom.